The molecule has 2 rings (SSSR count). The zero-order valence-electron chi connectivity index (χ0n) is 10.6. The molecule has 0 amide bonds. The summed E-state index contributed by atoms with van der Waals surface area (Å²) in [4.78, 5) is 19.8. The third kappa shape index (κ3) is 2.33. The van der Waals surface area contributed by atoms with E-state index in [1.165, 1.54) is 18.7 Å². The molecule has 1 aromatic heterocycles. The smallest absolute Gasteiger partial charge is 0.179 e. The number of hydrogen-bond acceptors (Lipinski definition) is 3. The van der Waals surface area contributed by atoms with Gasteiger partial charge in [-0.1, -0.05) is 26.8 Å². The van der Waals surface area contributed by atoms with Gasteiger partial charge >= 0.3 is 0 Å². The van der Waals surface area contributed by atoms with Gasteiger partial charge in [0.25, 0.3) is 0 Å². The zero-order chi connectivity index (χ0) is 12.6. The van der Waals surface area contributed by atoms with Gasteiger partial charge < -0.3 is 0 Å². The van der Waals surface area contributed by atoms with Crippen molar-refractivity contribution in [2.24, 2.45) is 0 Å². The largest absolute Gasteiger partial charge is 0.293 e. The highest BCUT2D eigenvalue weighted by Gasteiger charge is 2.14. The van der Waals surface area contributed by atoms with Crippen molar-refractivity contribution in [2.45, 2.75) is 33.1 Å². The number of carbonyl (C=O) groups is 1. The van der Waals surface area contributed by atoms with Gasteiger partial charge in [-0.15, -0.1) is 0 Å². The van der Waals surface area contributed by atoms with Gasteiger partial charge in [0.1, 0.15) is 5.69 Å². The van der Waals surface area contributed by atoms with E-state index in [0.29, 0.717) is 5.69 Å². The average Bonchev–Trinajstić information content (AvgIpc) is 2.26. The Morgan fingerprint density at radius 2 is 1.88 bits per heavy atom. The van der Waals surface area contributed by atoms with Gasteiger partial charge in [0.2, 0.25) is 0 Å². The van der Waals surface area contributed by atoms with Crippen LogP contribution in [0.15, 0.2) is 24.4 Å². The van der Waals surface area contributed by atoms with Crippen molar-refractivity contribution in [1.82, 2.24) is 9.97 Å². The summed E-state index contributed by atoms with van der Waals surface area (Å²) in [5.41, 5.74) is 3.29. The molecule has 0 saturated carbocycles. The lowest BCUT2D eigenvalue weighted by Crippen LogP contribution is -2.11. The zero-order valence-corrected chi connectivity index (χ0v) is 10.6. The third-order valence-corrected chi connectivity index (χ3v) is 2.77. The molecule has 0 atom stereocenters. The summed E-state index contributed by atoms with van der Waals surface area (Å²) in [5.74, 6) is -0.0550. The molecule has 1 aromatic carbocycles. The molecule has 3 heteroatoms. The van der Waals surface area contributed by atoms with Gasteiger partial charge in [0, 0.05) is 6.92 Å². The lowest BCUT2D eigenvalue weighted by molar-refractivity contribution is 0.101. The molecule has 0 radical (unpaired) electrons. The van der Waals surface area contributed by atoms with Crippen molar-refractivity contribution in [1.29, 1.82) is 0 Å². The van der Waals surface area contributed by atoms with Crippen LogP contribution in [0.4, 0.5) is 0 Å². The van der Waals surface area contributed by atoms with Gasteiger partial charge in [-0.25, -0.2) is 4.98 Å². The van der Waals surface area contributed by atoms with E-state index in [1.54, 1.807) is 0 Å². The highest BCUT2D eigenvalue weighted by atomic mass is 16.1. The molecule has 0 aliphatic carbocycles. The Bertz CT molecular complexity index is 582. The van der Waals surface area contributed by atoms with E-state index < -0.39 is 0 Å². The molecule has 2 aromatic rings. The lowest BCUT2D eigenvalue weighted by atomic mass is 9.87. The highest BCUT2D eigenvalue weighted by Crippen LogP contribution is 2.24. The second-order valence-corrected chi connectivity index (χ2v) is 5.26. The molecule has 0 spiro atoms. The highest BCUT2D eigenvalue weighted by molar-refractivity contribution is 5.93. The van der Waals surface area contributed by atoms with Gasteiger partial charge in [0.15, 0.2) is 5.78 Å². The Morgan fingerprint density at radius 1 is 1.18 bits per heavy atom. The molecule has 17 heavy (non-hydrogen) atoms. The summed E-state index contributed by atoms with van der Waals surface area (Å²) >= 11 is 0. The van der Waals surface area contributed by atoms with Crippen molar-refractivity contribution < 1.29 is 4.79 Å². The maximum Gasteiger partial charge on any atom is 0.179 e. The molecule has 0 aliphatic heterocycles. The molecule has 1 heterocycles. The fourth-order valence-electron chi connectivity index (χ4n) is 1.65. The summed E-state index contributed by atoms with van der Waals surface area (Å²) in [5, 5.41) is 0. The van der Waals surface area contributed by atoms with E-state index >= 15 is 0 Å². The molecular formula is C14H16N2O. The van der Waals surface area contributed by atoms with Crippen LogP contribution in [0.3, 0.4) is 0 Å². The predicted octanol–water partition coefficient (Wildman–Crippen LogP) is 3.13. The predicted molar refractivity (Wildman–Crippen MR) is 68.2 cm³/mol. The third-order valence-electron chi connectivity index (χ3n) is 2.77. The van der Waals surface area contributed by atoms with Crippen LogP contribution in [0, 0.1) is 0 Å². The van der Waals surface area contributed by atoms with Crippen molar-refractivity contribution in [3.8, 4) is 0 Å². The number of ketones is 1. The van der Waals surface area contributed by atoms with Crippen LogP contribution in [0.25, 0.3) is 11.0 Å². The van der Waals surface area contributed by atoms with E-state index in [-0.39, 0.29) is 11.2 Å². The van der Waals surface area contributed by atoms with E-state index in [2.05, 4.69) is 36.8 Å². The van der Waals surface area contributed by atoms with Crippen LogP contribution in [-0.4, -0.2) is 15.8 Å². The van der Waals surface area contributed by atoms with Gasteiger partial charge in [0.05, 0.1) is 17.2 Å². The van der Waals surface area contributed by atoms with Crippen molar-refractivity contribution >= 4 is 16.8 Å². The molecule has 88 valence electrons. The summed E-state index contributed by atoms with van der Waals surface area (Å²) in [6.45, 7) is 7.95. The second kappa shape index (κ2) is 3.91. The quantitative estimate of drug-likeness (QED) is 0.704. The molecular weight excluding hydrogens is 212 g/mol. The number of benzene rings is 1. The van der Waals surface area contributed by atoms with E-state index in [0.717, 1.165) is 11.0 Å². The van der Waals surface area contributed by atoms with Gasteiger partial charge in [-0.3, -0.25) is 9.78 Å². The lowest BCUT2D eigenvalue weighted by Gasteiger charge is -2.19. The summed E-state index contributed by atoms with van der Waals surface area (Å²) < 4.78 is 0. The van der Waals surface area contributed by atoms with Crippen molar-refractivity contribution in [3.63, 3.8) is 0 Å². The van der Waals surface area contributed by atoms with Crippen molar-refractivity contribution in [3.05, 3.63) is 35.7 Å². The van der Waals surface area contributed by atoms with Gasteiger partial charge in [-0.2, -0.15) is 0 Å². The first-order valence-corrected chi connectivity index (χ1v) is 5.66. The van der Waals surface area contributed by atoms with Crippen LogP contribution in [0.5, 0.6) is 0 Å². The Morgan fingerprint density at radius 3 is 2.47 bits per heavy atom. The maximum absolute atomic E-state index is 11.3. The SMILES string of the molecule is CC(=O)c1cnc2ccc(C(C)(C)C)cc2n1. The standard InChI is InChI=1S/C14H16N2O/c1-9(17)13-8-15-11-6-5-10(14(2,3)4)7-12(11)16-13/h5-8H,1-4H3. The molecule has 0 unspecified atom stereocenters. The Balaban J connectivity index is 2.62. The summed E-state index contributed by atoms with van der Waals surface area (Å²) in [6.07, 6.45) is 1.53. The minimum absolute atomic E-state index is 0.0550. The maximum atomic E-state index is 11.3. The molecule has 0 fully saturated rings. The monoisotopic (exact) mass is 228 g/mol. The average molecular weight is 228 g/mol. The number of aromatic nitrogens is 2. The number of fused-ring (bicyclic) bond motifs is 1. The minimum Gasteiger partial charge on any atom is -0.293 e. The van der Waals surface area contributed by atoms with Crippen LogP contribution in [0.2, 0.25) is 0 Å². The molecule has 0 saturated heterocycles. The first-order chi connectivity index (χ1) is 7.88. The summed E-state index contributed by atoms with van der Waals surface area (Å²) in [6, 6.07) is 6.02. The van der Waals surface area contributed by atoms with E-state index in [1.807, 2.05) is 12.1 Å². The molecule has 0 aliphatic rings. The van der Waals surface area contributed by atoms with Crippen LogP contribution >= 0.6 is 0 Å². The van der Waals surface area contributed by atoms with E-state index in [9.17, 15) is 4.79 Å². The van der Waals surface area contributed by atoms with Crippen molar-refractivity contribution in [2.75, 3.05) is 0 Å². The summed E-state index contributed by atoms with van der Waals surface area (Å²) in [7, 11) is 0. The van der Waals surface area contributed by atoms with Crippen LogP contribution in [0.1, 0.15) is 43.7 Å². The fourth-order valence-corrected chi connectivity index (χ4v) is 1.65. The van der Waals surface area contributed by atoms with Crippen LogP contribution in [-0.2, 0) is 5.41 Å². The first kappa shape index (κ1) is 11.7. The number of Topliss-reactive ketones (excluding diaryl/α,β-unsaturated/α-hetero) is 1. The van der Waals surface area contributed by atoms with E-state index in [4.69, 9.17) is 0 Å². The number of nitrogens with zero attached hydrogens (tertiary/aromatic N) is 2. The first-order valence-electron chi connectivity index (χ1n) is 5.66. The Hall–Kier alpha value is -1.77. The van der Waals surface area contributed by atoms with Gasteiger partial charge in [-0.05, 0) is 23.1 Å². The fraction of sp³-hybridized carbons (Fsp3) is 0.357. The Labute approximate surface area is 101 Å². The second-order valence-electron chi connectivity index (χ2n) is 5.26. The Kier molecular flexibility index (Phi) is 2.69. The topological polar surface area (TPSA) is 42.9 Å². The minimum atomic E-state index is -0.0550. The number of hydrogen-bond donors (Lipinski definition) is 0. The molecule has 0 bridgehead atoms. The van der Waals surface area contributed by atoms with Crippen LogP contribution < -0.4 is 0 Å². The normalized spacial score (nSPS) is 11.8. The molecule has 0 N–H and O–H groups in total. The number of carbonyl (C=O) groups excluding carboxylic acids is 1. The molecule has 3 nitrogen and oxygen atoms in total. The number of rotatable bonds is 1.